The van der Waals surface area contributed by atoms with Crippen molar-refractivity contribution in [3.05, 3.63) is 48.4 Å². The van der Waals surface area contributed by atoms with Crippen LogP contribution in [0.3, 0.4) is 0 Å². The summed E-state index contributed by atoms with van der Waals surface area (Å²) in [7, 11) is 0. The van der Waals surface area contributed by atoms with Gasteiger partial charge in [0.15, 0.2) is 0 Å². The third-order valence-corrected chi connectivity index (χ3v) is 3.84. The van der Waals surface area contributed by atoms with Gasteiger partial charge in [-0.3, -0.25) is 4.79 Å². The third kappa shape index (κ3) is 3.48. The number of morpholine rings is 1. The van der Waals surface area contributed by atoms with Crippen LogP contribution in [-0.2, 0) is 4.74 Å². The van der Waals surface area contributed by atoms with Gasteiger partial charge < -0.3 is 14.5 Å². The van der Waals surface area contributed by atoms with E-state index in [0.717, 1.165) is 24.6 Å². The molecule has 3 rings (SSSR count). The average Bonchev–Trinajstić information content (AvgIpc) is 2.64. The van der Waals surface area contributed by atoms with E-state index in [2.05, 4.69) is 14.9 Å². The molecule has 0 saturated carbocycles. The van der Waals surface area contributed by atoms with Gasteiger partial charge in [-0.05, 0) is 19.1 Å². The Bertz CT molecular complexity index is 657. The Morgan fingerprint density at radius 3 is 2.65 bits per heavy atom. The molecule has 1 amide bonds. The summed E-state index contributed by atoms with van der Waals surface area (Å²) in [6.45, 7) is 5.45. The van der Waals surface area contributed by atoms with Crippen LogP contribution in [0.4, 0.5) is 11.5 Å². The van der Waals surface area contributed by atoms with Gasteiger partial charge >= 0.3 is 0 Å². The molecule has 1 aliphatic heterocycles. The zero-order valence-corrected chi connectivity index (χ0v) is 13.2. The molecule has 23 heavy (non-hydrogen) atoms. The van der Waals surface area contributed by atoms with Gasteiger partial charge in [0.05, 0.1) is 13.2 Å². The summed E-state index contributed by atoms with van der Waals surface area (Å²) in [5, 5.41) is 0. The molecule has 1 aromatic heterocycles. The number of benzene rings is 1. The summed E-state index contributed by atoms with van der Waals surface area (Å²) in [6, 6.07) is 11.4. The number of hydrogen-bond donors (Lipinski definition) is 0. The van der Waals surface area contributed by atoms with Gasteiger partial charge in [0.25, 0.3) is 5.91 Å². The number of aromatic nitrogens is 2. The number of carbonyl (C=O) groups excluding carboxylic acids is 1. The lowest BCUT2D eigenvalue weighted by molar-refractivity contribution is 0.0983. The molecule has 1 fully saturated rings. The second kappa shape index (κ2) is 7.19. The highest BCUT2D eigenvalue weighted by atomic mass is 16.5. The fourth-order valence-corrected chi connectivity index (χ4v) is 2.62. The van der Waals surface area contributed by atoms with E-state index in [1.54, 1.807) is 11.0 Å². The molecule has 0 N–H and O–H groups in total. The Morgan fingerprint density at radius 1 is 1.22 bits per heavy atom. The number of hydrogen-bond acceptors (Lipinski definition) is 5. The maximum absolute atomic E-state index is 12.8. The van der Waals surface area contributed by atoms with Crippen molar-refractivity contribution in [2.24, 2.45) is 0 Å². The Balaban J connectivity index is 1.84. The summed E-state index contributed by atoms with van der Waals surface area (Å²) in [5.74, 6) is 0.659. The van der Waals surface area contributed by atoms with E-state index >= 15 is 0 Å². The number of ether oxygens (including phenoxy) is 1. The van der Waals surface area contributed by atoms with E-state index in [1.165, 1.54) is 6.33 Å². The Hall–Kier alpha value is -2.47. The summed E-state index contributed by atoms with van der Waals surface area (Å²) in [4.78, 5) is 25.1. The second-order valence-electron chi connectivity index (χ2n) is 5.25. The zero-order valence-electron chi connectivity index (χ0n) is 13.2. The minimum Gasteiger partial charge on any atom is -0.378 e. The summed E-state index contributed by atoms with van der Waals surface area (Å²) >= 11 is 0. The van der Waals surface area contributed by atoms with Crippen LogP contribution < -0.4 is 9.80 Å². The van der Waals surface area contributed by atoms with Crippen LogP contribution in [-0.4, -0.2) is 48.7 Å². The number of carbonyl (C=O) groups is 1. The lowest BCUT2D eigenvalue weighted by atomic mass is 10.2. The van der Waals surface area contributed by atoms with Crippen molar-refractivity contribution in [2.75, 3.05) is 42.6 Å². The molecule has 2 heterocycles. The normalized spacial score (nSPS) is 14.6. The van der Waals surface area contributed by atoms with E-state index < -0.39 is 0 Å². The van der Waals surface area contributed by atoms with Gasteiger partial charge in [-0.15, -0.1) is 0 Å². The highest BCUT2D eigenvalue weighted by Gasteiger charge is 2.20. The van der Waals surface area contributed by atoms with Crippen LogP contribution in [0.1, 0.15) is 17.4 Å². The van der Waals surface area contributed by atoms with E-state index in [4.69, 9.17) is 4.74 Å². The molecule has 1 saturated heterocycles. The van der Waals surface area contributed by atoms with Gasteiger partial charge in [-0.2, -0.15) is 0 Å². The molecule has 0 spiro atoms. The molecule has 6 nitrogen and oxygen atoms in total. The second-order valence-corrected chi connectivity index (χ2v) is 5.25. The molecule has 0 atom stereocenters. The van der Waals surface area contributed by atoms with E-state index in [0.29, 0.717) is 25.5 Å². The smallest absolute Gasteiger partial charge is 0.277 e. The Kier molecular flexibility index (Phi) is 4.83. The highest BCUT2D eigenvalue weighted by molar-refractivity contribution is 6.05. The van der Waals surface area contributed by atoms with Crippen molar-refractivity contribution in [3.8, 4) is 0 Å². The van der Waals surface area contributed by atoms with Crippen molar-refractivity contribution >= 4 is 17.4 Å². The van der Waals surface area contributed by atoms with E-state index in [9.17, 15) is 4.79 Å². The van der Waals surface area contributed by atoms with Gasteiger partial charge in [0, 0.05) is 31.4 Å². The topological polar surface area (TPSA) is 58.6 Å². The molecule has 0 radical (unpaired) electrons. The monoisotopic (exact) mass is 312 g/mol. The average molecular weight is 312 g/mol. The van der Waals surface area contributed by atoms with Gasteiger partial charge in [0.2, 0.25) is 0 Å². The quantitative estimate of drug-likeness (QED) is 0.864. The molecule has 0 aliphatic carbocycles. The Labute approximate surface area is 135 Å². The van der Waals surface area contributed by atoms with Crippen molar-refractivity contribution in [3.63, 3.8) is 0 Å². The number of amides is 1. The maximum atomic E-state index is 12.8. The molecule has 1 aliphatic rings. The van der Waals surface area contributed by atoms with Crippen LogP contribution in [0.2, 0.25) is 0 Å². The summed E-state index contributed by atoms with van der Waals surface area (Å²) < 4.78 is 5.35. The van der Waals surface area contributed by atoms with Crippen molar-refractivity contribution in [1.82, 2.24) is 9.97 Å². The van der Waals surface area contributed by atoms with Crippen LogP contribution >= 0.6 is 0 Å². The third-order valence-electron chi connectivity index (χ3n) is 3.84. The number of nitrogens with zero attached hydrogens (tertiary/aromatic N) is 4. The predicted octanol–water partition coefficient (Wildman–Crippen LogP) is 1.98. The molecule has 0 unspecified atom stereocenters. The SMILES string of the molecule is CCN(C(=O)c1cc(N2CCOCC2)ncn1)c1ccccc1. The van der Waals surface area contributed by atoms with Crippen molar-refractivity contribution in [2.45, 2.75) is 6.92 Å². The van der Waals surface area contributed by atoms with Crippen molar-refractivity contribution in [1.29, 1.82) is 0 Å². The predicted molar refractivity (Wildman–Crippen MR) is 88.9 cm³/mol. The van der Waals surface area contributed by atoms with E-state index in [1.807, 2.05) is 37.3 Å². The summed E-state index contributed by atoms with van der Waals surface area (Å²) in [5.41, 5.74) is 1.28. The molecular weight excluding hydrogens is 292 g/mol. The fraction of sp³-hybridized carbons (Fsp3) is 0.353. The van der Waals surface area contributed by atoms with Crippen molar-refractivity contribution < 1.29 is 9.53 Å². The summed E-state index contributed by atoms with van der Waals surface area (Å²) in [6.07, 6.45) is 1.46. The highest BCUT2D eigenvalue weighted by Crippen LogP contribution is 2.18. The molecule has 1 aromatic carbocycles. The molecule has 2 aromatic rings. The minimum absolute atomic E-state index is 0.115. The Morgan fingerprint density at radius 2 is 1.96 bits per heavy atom. The lowest BCUT2D eigenvalue weighted by Crippen LogP contribution is -2.37. The number of para-hydroxylation sites is 1. The minimum atomic E-state index is -0.115. The first-order valence-electron chi connectivity index (χ1n) is 7.81. The van der Waals surface area contributed by atoms with Gasteiger partial charge in [-0.25, -0.2) is 9.97 Å². The van der Waals surface area contributed by atoms with Crippen LogP contribution in [0, 0.1) is 0 Å². The standard InChI is InChI=1S/C17H20N4O2/c1-2-21(14-6-4-3-5-7-14)17(22)15-12-16(19-13-18-15)20-8-10-23-11-9-20/h3-7,12-13H,2,8-11H2,1H3. The largest absolute Gasteiger partial charge is 0.378 e. The molecule has 0 bridgehead atoms. The zero-order chi connectivity index (χ0) is 16.1. The van der Waals surface area contributed by atoms with Gasteiger partial charge in [-0.1, -0.05) is 18.2 Å². The van der Waals surface area contributed by atoms with E-state index in [-0.39, 0.29) is 5.91 Å². The molecular formula is C17H20N4O2. The van der Waals surface area contributed by atoms with Gasteiger partial charge in [0.1, 0.15) is 17.8 Å². The first-order chi connectivity index (χ1) is 11.3. The lowest BCUT2D eigenvalue weighted by Gasteiger charge is -2.28. The first-order valence-corrected chi connectivity index (χ1v) is 7.81. The van der Waals surface area contributed by atoms with Crippen LogP contribution in [0.5, 0.6) is 0 Å². The van der Waals surface area contributed by atoms with Crippen LogP contribution in [0.25, 0.3) is 0 Å². The molecule has 6 heteroatoms. The molecule has 120 valence electrons. The maximum Gasteiger partial charge on any atom is 0.277 e. The number of anilines is 2. The fourth-order valence-electron chi connectivity index (χ4n) is 2.62. The number of rotatable bonds is 4. The van der Waals surface area contributed by atoms with Crippen LogP contribution in [0.15, 0.2) is 42.7 Å². The first kappa shape index (κ1) is 15.4.